The second-order valence-corrected chi connectivity index (χ2v) is 6.88. The molecule has 30 heavy (non-hydrogen) atoms. The first-order valence-electron chi connectivity index (χ1n) is 9.17. The maximum atomic E-state index is 13.4. The van der Waals surface area contributed by atoms with E-state index in [1.54, 1.807) is 22.9 Å². The van der Waals surface area contributed by atoms with Crippen molar-refractivity contribution in [2.75, 3.05) is 26.1 Å². The summed E-state index contributed by atoms with van der Waals surface area (Å²) in [6.45, 7) is 4.55. The quantitative estimate of drug-likeness (QED) is 0.551. The fraction of sp³-hybridized carbons (Fsp3) is 0.350. The summed E-state index contributed by atoms with van der Waals surface area (Å²) in [5.74, 6) is 1.11. The number of anilines is 1. The summed E-state index contributed by atoms with van der Waals surface area (Å²) in [6, 6.07) is 6.36. The van der Waals surface area contributed by atoms with Crippen molar-refractivity contribution in [1.82, 2.24) is 19.7 Å². The van der Waals surface area contributed by atoms with Gasteiger partial charge < -0.3 is 14.8 Å². The molecule has 0 radical (unpaired) electrons. The van der Waals surface area contributed by atoms with Crippen molar-refractivity contribution >= 4 is 17.5 Å². The molecule has 0 saturated carbocycles. The second-order valence-electron chi connectivity index (χ2n) is 6.51. The molecule has 0 aliphatic carbocycles. The summed E-state index contributed by atoms with van der Waals surface area (Å²) in [6.07, 6.45) is -2.73. The molecule has 0 spiro atoms. The number of ether oxygens (including phenoxy) is 2. The minimum absolute atomic E-state index is 0.102. The highest BCUT2D eigenvalue weighted by molar-refractivity contribution is 6.31. The lowest BCUT2D eigenvalue weighted by Crippen LogP contribution is -2.15. The van der Waals surface area contributed by atoms with Crippen LogP contribution in [0.15, 0.2) is 24.3 Å². The zero-order valence-corrected chi connectivity index (χ0v) is 17.8. The highest BCUT2D eigenvalue weighted by Gasteiger charge is 2.16. The Bertz CT molecular complexity index is 1040. The fourth-order valence-electron chi connectivity index (χ4n) is 2.97. The molecule has 2 aromatic heterocycles. The highest BCUT2D eigenvalue weighted by atomic mass is 35.5. The van der Waals surface area contributed by atoms with Crippen LogP contribution in [0.1, 0.15) is 23.5 Å². The van der Waals surface area contributed by atoms with Crippen LogP contribution in [0, 0.1) is 13.8 Å². The molecule has 7 nitrogen and oxygen atoms in total. The van der Waals surface area contributed by atoms with Crippen LogP contribution in [-0.4, -0.2) is 40.5 Å². The van der Waals surface area contributed by atoms with E-state index in [1.165, 1.54) is 20.3 Å². The Labute approximate surface area is 178 Å². The summed E-state index contributed by atoms with van der Waals surface area (Å²) in [7, 11) is 3.03. The van der Waals surface area contributed by atoms with Gasteiger partial charge in [0.1, 0.15) is 5.69 Å². The fourth-order valence-corrected chi connectivity index (χ4v) is 3.10. The predicted molar refractivity (Wildman–Crippen MR) is 111 cm³/mol. The maximum Gasteiger partial charge on any atom is 0.280 e. The van der Waals surface area contributed by atoms with Crippen molar-refractivity contribution in [2.24, 2.45) is 0 Å². The maximum absolute atomic E-state index is 13.4. The number of halogens is 3. The third-order valence-electron chi connectivity index (χ3n) is 4.55. The van der Waals surface area contributed by atoms with Crippen molar-refractivity contribution in [3.63, 3.8) is 0 Å². The molecule has 2 heterocycles. The molecule has 0 aliphatic heterocycles. The third kappa shape index (κ3) is 4.62. The third-order valence-corrected chi connectivity index (χ3v) is 5.10. The average molecular weight is 438 g/mol. The van der Waals surface area contributed by atoms with Gasteiger partial charge in [0.2, 0.25) is 5.95 Å². The number of rotatable bonds is 8. The molecule has 10 heteroatoms. The van der Waals surface area contributed by atoms with E-state index in [4.69, 9.17) is 21.1 Å². The predicted octanol–water partition coefficient (Wildman–Crippen LogP) is 4.68. The zero-order chi connectivity index (χ0) is 21.8. The van der Waals surface area contributed by atoms with Crippen LogP contribution in [0.4, 0.5) is 14.7 Å². The first-order chi connectivity index (χ1) is 14.3. The van der Waals surface area contributed by atoms with E-state index in [0.29, 0.717) is 40.9 Å². The first-order valence-corrected chi connectivity index (χ1v) is 9.54. The smallest absolute Gasteiger partial charge is 0.280 e. The normalized spacial score (nSPS) is 11.1. The number of aryl methyl sites for hydroxylation is 1. The van der Waals surface area contributed by atoms with Crippen molar-refractivity contribution in [3.05, 3.63) is 46.4 Å². The minimum atomic E-state index is -2.73. The Morgan fingerprint density at radius 3 is 2.43 bits per heavy atom. The number of alkyl halides is 2. The summed E-state index contributed by atoms with van der Waals surface area (Å²) >= 11 is 6.15. The molecule has 0 amide bonds. The number of hydrogen-bond acceptors (Lipinski definition) is 6. The topological polar surface area (TPSA) is 74.1 Å². The van der Waals surface area contributed by atoms with E-state index < -0.39 is 6.43 Å². The SMILES string of the molecule is COc1ccc(-c2cc(C(F)F)nc(NCCn3nc(C)c(Cl)c3C)n2)cc1OC. The van der Waals surface area contributed by atoms with E-state index in [0.717, 1.165) is 11.4 Å². The van der Waals surface area contributed by atoms with Gasteiger partial charge in [0.15, 0.2) is 11.5 Å². The van der Waals surface area contributed by atoms with E-state index in [2.05, 4.69) is 20.4 Å². The Morgan fingerprint density at radius 2 is 1.83 bits per heavy atom. The largest absolute Gasteiger partial charge is 0.493 e. The zero-order valence-electron chi connectivity index (χ0n) is 17.0. The van der Waals surface area contributed by atoms with E-state index in [9.17, 15) is 8.78 Å². The molecule has 0 fully saturated rings. The number of hydrogen-bond donors (Lipinski definition) is 1. The van der Waals surface area contributed by atoms with E-state index in [-0.39, 0.29) is 11.6 Å². The Balaban J connectivity index is 1.85. The van der Waals surface area contributed by atoms with Crippen LogP contribution in [0.3, 0.4) is 0 Å². The molecule has 3 aromatic rings. The molecular formula is C20H22ClF2N5O2. The van der Waals surface area contributed by atoms with Crippen molar-refractivity contribution in [3.8, 4) is 22.8 Å². The van der Waals surface area contributed by atoms with Crippen LogP contribution in [0.25, 0.3) is 11.3 Å². The molecule has 3 rings (SSSR count). The standard InChI is InChI=1S/C20H22ClF2N5O2/c1-11-18(21)12(2)28(27-11)8-7-24-20-25-14(10-15(26-20)19(22)23)13-5-6-16(29-3)17(9-13)30-4/h5-6,9-10,19H,7-8H2,1-4H3,(H,24,25,26). The Morgan fingerprint density at radius 1 is 1.10 bits per heavy atom. The second kappa shape index (κ2) is 9.25. The van der Waals surface area contributed by atoms with Crippen LogP contribution >= 0.6 is 11.6 Å². The molecule has 0 bridgehead atoms. The number of methoxy groups -OCH3 is 2. The van der Waals surface area contributed by atoms with Gasteiger partial charge in [-0.25, -0.2) is 18.7 Å². The summed E-state index contributed by atoms with van der Waals surface area (Å²) < 4.78 is 39.1. The van der Waals surface area contributed by atoms with Crippen LogP contribution in [0.5, 0.6) is 11.5 Å². The Kier molecular flexibility index (Phi) is 6.71. The van der Waals surface area contributed by atoms with E-state index >= 15 is 0 Å². The van der Waals surface area contributed by atoms with Crippen LogP contribution in [-0.2, 0) is 6.54 Å². The van der Waals surface area contributed by atoms with Gasteiger partial charge in [0, 0.05) is 12.1 Å². The van der Waals surface area contributed by atoms with Gasteiger partial charge in [-0.1, -0.05) is 11.6 Å². The van der Waals surface area contributed by atoms with E-state index in [1.807, 2.05) is 13.8 Å². The van der Waals surface area contributed by atoms with Crippen molar-refractivity contribution in [1.29, 1.82) is 0 Å². The molecule has 160 valence electrons. The van der Waals surface area contributed by atoms with Gasteiger partial charge in [-0.2, -0.15) is 5.10 Å². The number of nitrogens with zero attached hydrogens (tertiary/aromatic N) is 4. The average Bonchev–Trinajstić information content (AvgIpc) is 2.99. The van der Waals surface area contributed by atoms with Crippen LogP contribution in [0.2, 0.25) is 5.02 Å². The minimum Gasteiger partial charge on any atom is -0.493 e. The van der Waals surface area contributed by atoms with Gasteiger partial charge in [0.25, 0.3) is 6.43 Å². The van der Waals surface area contributed by atoms with Crippen molar-refractivity contribution in [2.45, 2.75) is 26.8 Å². The Hall–Kier alpha value is -2.94. The van der Waals surface area contributed by atoms with Crippen LogP contribution < -0.4 is 14.8 Å². The molecule has 0 unspecified atom stereocenters. The first kappa shape index (κ1) is 21.8. The molecular weight excluding hydrogens is 416 g/mol. The summed E-state index contributed by atoms with van der Waals surface area (Å²) in [4.78, 5) is 8.31. The molecule has 0 aliphatic rings. The van der Waals surface area contributed by atoms with Gasteiger partial charge in [0.05, 0.1) is 42.9 Å². The number of nitrogens with one attached hydrogen (secondary N) is 1. The molecule has 0 saturated heterocycles. The van der Waals surface area contributed by atoms with Gasteiger partial charge in [-0.3, -0.25) is 4.68 Å². The molecule has 0 atom stereocenters. The van der Waals surface area contributed by atoms with Gasteiger partial charge in [-0.05, 0) is 38.1 Å². The monoisotopic (exact) mass is 437 g/mol. The lowest BCUT2D eigenvalue weighted by molar-refractivity contribution is 0.146. The summed E-state index contributed by atoms with van der Waals surface area (Å²) in [5, 5.41) is 7.95. The van der Waals surface area contributed by atoms with Gasteiger partial charge in [-0.15, -0.1) is 0 Å². The van der Waals surface area contributed by atoms with Crippen molar-refractivity contribution < 1.29 is 18.3 Å². The number of benzene rings is 1. The lowest BCUT2D eigenvalue weighted by atomic mass is 10.1. The summed E-state index contributed by atoms with van der Waals surface area (Å²) in [5.41, 5.74) is 2.15. The van der Waals surface area contributed by atoms with Gasteiger partial charge >= 0.3 is 0 Å². The number of aromatic nitrogens is 4. The highest BCUT2D eigenvalue weighted by Crippen LogP contribution is 2.33. The lowest BCUT2D eigenvalue weighted by Gasteiger charge is -2.12. The molecule has 1 N–H and O–H groups in total. The molecule has 1 aromatic carbocycles.